The molecule has 146 valence electrons. The summed E-state index contributed by atoms with van der Waals surface area (Å²) in [6, 6.07) is 17.8. The molecule has 0 aromatic heterocycles. The van der Waals surface area contributed by atoms with Gasteiger partial charge in [-0.1, -0.05) is 50.2 Å². The summed E-state index contributed by atoms with van der Waals surface area (Å²) in [6.07, 6.45) is 3.51. The van der Waals surface area contributed by atoms with Crippen molar-refractivity contribution in [3.05, 3.63) is 76.9 Å². The van der Waals surface area contributed by atoms with E-state index in [9.17, 15) is 4.79 Å². The summed E-state index contributed by atoms with van der Waals surface area (Å²) in [5.41, 5.74) is 3.95. The van der Waals surface area contributed by atoms with Gasteiger partial charge in [0.1, 0.15) is 0 Å². The Labute approximate surface area is 168 Å². The molecule has 0 fully saturated rings. The fraction of sp³-hybridized carbons (Fsp3) is 0.333. The molecule has 4 nitrogen and oxygen atoms in total. The van der Waals surface area contributed by atoms with Crippen LogP contribution in [-0.4, -0.2) is 42.9 Å². The fourth-order valence-electron chi connectivity index (χ4n) is 2.76. The molecule has 2 rings (SSSR count). The molecular weight excluding hydrogens is 346 g/mol. The second-order valence-electron chi connectivity index (χ2n) is 7.53. The molecule has 0 aliphatic rings. The maximum absolute atomic E-state index is 12.8. The molecule has 0 atom stereocenters. The molecule has 2 aromatic carbocycles. The van der Waals surface area contributed by atoms with Gasteiger partial charge in [-0.15, -0.1) is 0 Å². The molecule has 0 radical (unpaired) electrons. The van der Waals surface area contributed by atoms with Gasteiger partial charge in [0.05, 0.1) is 11.6 Å². The van der Waals surface area contributed by atoms with Crippen LogP contribution in [0, 0.1) is 11.3 Å². The SMILES string of the molecule is CC(C)c1ccc(/C=C/C(=O)N(CCN(C)C)Cc2ccc(C#N)cc2)cc1. The van der Waals surface area contributed by atoms with Crippen LogP contribution in [0.2, 0.25) is 0 Å². The monoisotopic (exact) mass is 375 g/mol. The standard InChI is InChI=1S/C24H29N3O/c1-19(2)23-12-9-20(10-13-23)11-14-24(28)27(16-15-26(3)4)18-22-7-5-21(17-25)6-8-22/h5-14,19H,15-16,18H2,1-4H3/b14-11+. The van der Waals surface area contributed by atoms with Gasteiger partial charge in [0, 0.05) is 25.7 Å². The number of likely N-dealkylation sites (N-methyl/N-ethyl adjacent to an activating group) is 1. The highest BCUT2D eigenvalue weighted by Gasteiger charge is 2.12. The molecule has 2 aromatic rings. The Morgan fingerprint density at radius 3 is 2.21 bits per heavy atom. The van der Waals surface area contributed by atoms with Crippen molar-refractivity contribution in [2.75, 3.05) is 27.2 Å². The molecule has 0 spiro atoms. The summed E-state index contributed by atoms with van der Waals surface area (Å²) in [6.45, 7) is 6.29. The van der Waals surface area contributed by atoms with Gasteiger partial charge in [0.2, 0.25) is 5.91 Å². The van der Waals surface area contributed by atoms with Crippen LogP contribution < -0.4 is 0 Å². The molecule has 0 aliphatic carbocycles. The van der Waals surface area contributed by atoms with Crippen molar-refractivity contribution in [3.63, 3.8) is 0 Å². The Balaban J connectivity index is 2.09. The molecule has 28 heavy (non-hydrogen) atoms. The normalized spacial score (nSPS) is 11.2. The number of amides is 1. The zero-order valence-corrected chi connectivity index (χ0v) is 17.2. The predicted molar refractivity (Wildman–Crippen MR) is 115 cm³/mol. The average Bonchev–Trinajstić information content (AvgIpc) is 2.69. The van der Waals surface area contributed by atoms with Crippen molar-refractivity contribution in [2.24, 2.45) is 0 Å². The highest BCUT2D eigenvalue weighted by Crippen LogP contribution is 2.15. The summed E-state index contributed by atoms with van der Waals surface area (Å²) in [5, 5.41) is 8.94. The van der Waals surface area contributed by atoms with Crippen LogP contribution in [0.15, 0.2) is 54.6 Å². The van der Waals surface area contributed by atoms with Crippen LogP contribution in [0.25, 0.3) is 6.08 Å². The van der Waals surface area contributed by atoms with Gasteiger partial charge in [-0.25, -0.2) is 0 Å². The third-order valence-corrected chi connectivity index (χ3v) is 4.61. The molecule has 0 bridgehead atoms. The zero-order valence-electron chi connectivity index (χ0n) is 17.2. The Kier molecular flexibility index (Phi) is 7.98. The van der Waals surface area contributed by atoms with Crippen molar-refractivity contribution in [1.29, 1.82) is 5.26 Å². The van der Waals surface area contributed by atoms with Crippen molar-refractivity contribution in [1.82, 2.24) is 9.80 Å². The highest BCUT2D eigenvalue weighted by molar-refractivity contribution is 5.91. The van der Waals surface area contributed by atoms with Gasteiger partial charge in [-0.2, -0.15) is 5.26 Å². The minimum Gasteiger partial charge on any atom is -0.334 e. The second kappa shape index (κ2) is 10.4. The number of rotatable bonds is 8. The van der Waals surface area contributed by atoms with Gasteiger partial charge in [0.25, 0.3) is 0 Å². The maximum atomic E-state index is 12.8. The Morgan fingerprint density at radius 2 is 1.68 bits per heavy atom. The molecule has 1 amide bonds. The van der Waals surface area contributed by atoms with E-state index in [1.165, 1.54) is 5.56 Å². The first kappa shape index (κ1) is 21.4. The van der Waals surface area contributed by atoms with Gasteiger partial charge in [-0.3, -0.25) is 4.79 Å². The van der Waals surface area contributed by atoms with E-state index in [-0.39, 0.29) is 5.91 Å². The molecule has 4 heteroatoms. The van der Waals surface area contributed by atoms with Crippen LogP contribution >= 0.6 is 0 Å². The maximum Gasteiger partial charge on any atom is 0.246 e. The van der Waals surface area contributed by atoms with E-state index in [0.717, 1.165) is 17.7 Å². The summed E-state index contributed by atoms with van der Waals surface area (Å²) in [4.78, 5) is 16.7. The predicted octanol–water partition coefficient (Wildman–Crippen LogP) is 4.29. The first-order valence-electron chi connectivity index (χ1n) is 9.59. The van der Waals surface area contributed by atoms with Gasteiger partial charge in [-0.05, 0) is 54.9 Å². The quantitative estimate of drug-likeness (QED) is 0.647. The zero-order chi connectivity index (χ0) is 20.5. The van der Waals surface area contributed by atoms with Crippen LogP contribution in [-0.2, 0) is 11.3 Å². The van der Waals surface area contributed by atoms with E-state index < -0.39 is 0 Å². The topological polar surface area (TPSA) is 47.3 Å². The lowest BCUT2D eigenvalue weighted by Gasteiger charge is -2.23. The van der Waals surface area contributed by atoms with Crippen LogP contribution in [0.5, 0.6) is 0 Å². The molecular formula is C24H29N3O. The van der Waals surface area contributed by atoms with E-state index in [1.807, 2.05) is 49.3 Å². The molecule has 0 N–H and O–H groups in total. The molecule has 0 aliphatic heterocycles. The molecule has 0 unspecified atom stereocenters. The fourth-order valence-corrected chi connectivity index (χ4v) is 2.76. The summed E-state index contributed by atoms with van der Waals surface area (Å²) in [5.74, 6) is 0.479. The summed E-state index contributed by atoms with van der Waals surface area (Å²) >= 11 is 0. The highest BCUT2D eigenvalue weighted by atomic mass is 16.2. The van der Waals surface area contributed by atoms with E-state index in [4.69, 9.17) is 5.26 Å². The minimum absolute atomic E-state index is 0.0147. The number of benzene rings is 2. The van der Waals surface area contributed by atoms with E-state index >= 15 is 0 Å². The largest absolute Gasteiger partial charge is 0.334 e. The number of hydrogen-bond acceptors (Lipinski definition) is 3. The van der Waals surface area contributed by atoms with Crippen molar-refractivity contribution >= 4 is 12.0 Å². The number of carbonyl (C=O) groups is 1. The van der Waals surface area contributed by atoms with Crippen LogP contribution in [0.3, 0.4) is 0 Å². The van der Waals surface area contributed by atoms with Gasteiger partial charge >= 0.3 is 0 Å². The van der Waals surface area contributed by atoms with Crippen molar-refractivity contribution in [2.45, 2.75) is 26.3 Å². The first-order chi connectivity index (χ1) is 13.4. The summed E-state index contributed by atoms with van der Waals surface area (Å²) in [7, 11) is 3.99. The number of carbonyl (C=O) groups excluding carboxylic acids is 1. The lowest BCUT2D eigenvalue weighted by atomic mass is 10.0. The number of nitrogens with zero attached hydrogens (tertiary/aromatic N) is 3. The lowest BCUT2D eigenvalue weighted by Crippen LogP contribution is -2.35. The molecule has 0 heterocycles. The third-order valence-electron chi connectivity index (χ3n) is 4.61. The van der Waals surface area contributed by atoms with E-state index in [0.29, 0.717) is 24.6 Å². The third kappa shape index (κ3) is 6.68. The summed E-state index contributed by atoms with van der Waals surface area (Å²) < 4.78 is 0. The lowest BCUT2D eigenvalue weighted by molar-refractivity contribution is -0.126. The smallest absolute Gasteiger partial charge is 0.246 e. The molecule has 0 saturated heterocycles. The van der Waals surface area contributed by atoms with Crippen molar-refractivity contribution < 1.29 is 4.79 Å². The van der Waals surface area contributed by atoms with E-state index in [1.54, 1.807) is 18.2 Å². The Morgan fingerprint density at radius 1 is 1.04 bits per heavy atom. The number of nitriles is 1. The minimum atomic E-state index is -0.0147. The van der Waals surface area contributed by atoms with Crippen molar-refractivity contribution in [3.8, 4) is 6.07 Å². The van der Waals surface area contributed by atoms with Crippen LogP contribution in [0.4, 0.5) is 0 Å². The Bertz CT molecular complexity index is 828. The number of hydrogen-bond donors (Lipinski definition) is 0. The van der Waals surface area contributed by atoms with Crippen LogP contribution in [0.1, 0.15) is 42.0 Å². The van der Waals surface area contributed by atoms with E-state index in [2.05, 4.69) is 36.9 Å². The Hall–Kier alpha value is -2.90. The van der Waals surface area contributed by atoms with Gasteiger partial charge < -0.3 is 9.80 Å². The average molecular weight is 376 g/mol. The van der Waals surface area contributed by atoms with Gasteiger partial charge in [0.15, 0.2) is 0 Å². The first-order valence-corrected chi connectivity index (χ1v) is 9.59. The molecule has 0 saturated carbocycles. The second-order valence-corrected chi connectivity index (χ2v) is 7.53.